The lowest BCUT2D eigenvalue weighted by Gasteiger charge is -2.55. The van der Waals surface area contributed by atoms with Gasteiger partial charge in [0.1, 0.15) is 55.1 Å². The number of esters is 1. The monoisotopic (exact) mass is 880 g/mol. The lowest BCUT2D eigenvalue weighted by atomic mass is 9.73. The van der Waals surface area contributed by atoms with Crippen LogP contribution in [0.4, 0.5) is 0 Å². The number of benzene rings is 3. The molecule has 336 valence electrons. The van der Waals surface area contributed by atoms with E-state index in [4.69, 9.17) is 38.9 Å². The lowest BCUT2D eigenvalue weighted by Crippen LogP contribution is -2.77. The average molecular weight is 881 g/mol. The second-order valence-corrected chi connectivity index (χ2v) is 16.9. The molecule has 18 nitrogen and oxygen atoms in total. The van der Waals surface area contributed by atoms with E-state index in [-0.39, 0.29) is 37.7 Å². The highest BCUT2D eigenvalue weighted by molar-refractivity contribution is 5.90. The molecule has 10 rings (SSSR count). The van der Waals surface area contributed by atoms with Gasteiger partial charge in [0.25, 0.3) is 0 Å². The van der Waals surface area contributed by atoms with Crippen LogP contribution in [0.15, 0.2) is 89.3 Å². The number of carboxylic acid groups (broad SMARTS) is 1. The number of aliphatic hydroxyl groups excluding tert-OH is 3. The van der Waals surface area contributed by atoms with Crippen molar-refractivity contribution < 1.29 is 68.3 Å². The molecule has 7 aliphatic heterocycles. The minimum absolute atomic E-state index is 0.00182. The molecule has 10 atom stereocenters. The average Bonchev–Trinajstić information content (AvgIpc) is 3.97. The Labute approximate surface area is 366 Å². The number of hydrogen-bond donors (Lipinski definition) is 7. The molecule has 0 unspecified atom stereocenters. The van der Waals surface area contributed by atoms with E-state index in [1.165, 1.54) is 19.4 Å². The summed E-state index contributed by atoms with van der Waals surface area (Å²) in [6, 6.07) is 15.4. The number of carboxylic acids is 1. The summed E-state index contributed by atoms with van der Waals surface area (Å²) >= 11 is 0. The van der Waals surface area contributed by atoms with Gasteiger partial charge in [0, 0.05) is 60.3 Å². The first-order valence-electron chi connectivity index (χ1n) is 21.2. The molecule has 1 spiro atoms. The summed E-state index contributed by atoms with van der Waals surface area (Å²) in [4.78, 5) is 30.8. The van der Waals surface area contributed by atoms with Gasteiger partial charge in [0.2, 0.25) is 12.0 Å². The van der Waals surface area contributed by atoms with Gasteiger partial charge >= 0.3 is 11.9 Å². The van der Waals surface area contributed by atoms with Gasteiger partial charge in [-0.1, -0.05) is 36.4 Å². The van der Waals surface area contributed by atoms with E-state index in [0.717, 1.165) is 33.5 Å². The van der Waals surface area contributed by atoms with Crippen molar-refractivity contribution in [1.29, 1.82) is 0 Å². The van der Waals surface area contributed by atoms with Gasteiger partial charge in [0.15, 0.2) is 28.8 Å². The van der Waals surface area contributed by atoms with E-state index in [0.29, 0.717) is 48.1 Å². The highest BCUT2D eigenvalue weighted by Gasteiger charge is 2.67. The number of hydrogen-bond acceptors (Lipinski definition) is 17. The molecule has 7 heterocycles. The summed E-state index contributed by atoms with van der Waals surface area (Å²) in [7, 11) is 1.54. The topological polar surface area (TPSA) is 254 Å². The van der Waals surface area contributed by atoms with Crippen LogP contribution < -0.4 is 34.7 Å². The Hall–Kier alpha value is -6.15. The largest absolute Gasteiger partial charge is 0.493 e. The van der Waals surface area contributed by atoms with Gasteiger partial charge in [-0.2, -0.15) is 0 Å². The predicted octanol–water partition coefficient (Wildman–Crippen LogP) is 1.62. The number of nitrogens with zero attached hydrogens (tertiary/aromatic N) is 2. The van der Waals surface area contributed by atoms with Crippen LogP contribution in [0.25, 0.3) is 0 Å². The number of carbonyl (C=O) groups is 2. The van der Waals surface area contributed by atoms with Crippen LogP contribution in [-0.2, 0) is 38.4 Å². The Bertz CT molecular complexity index is 2490. The Balaban J connectivity index is 1.11. The summed E-state index contributed by atoms with van der Waals surface area (Å²) in [6.45, 7) is 0.651. The fraction of sp³-hybridized carbons (Fsp3) is 0.413. The zero-order valence-electron chi connectivity index (χ0n) is 34.7. The molecule has 8 N–H and O–H groups in total. The van der Waals surface area contributed by atoms with Gasteiger partial charge in [-0.25, -0.2) is 0 Å². The fourth-order valence-corrected chi connectivity index (χ4v) is 10.2. The number of nitrogens with one attached hydrogen (secondary N) is 1. The standard InChI is InChI=1S/C46H48N4O14/c1-58-29-8-7-26-35-31(17-23-5-3-2-4-6-23)60-32-18-30-25(27(21-50-20-24-10-13-48-28(24)22-50)36(32)39(35)63-37(26)38(29)59-16-15-51)9-11-45(57)40(55)41(56)46(64-44(45)61-30)12-14-49-43(47)42(46)62-34(54)19-33(52)53/h2-8,10,12-14,18,22,31,35,39-44,49,51,55-57H,9,11,15-17,19-21,47H2,1H3,(H,52,53)/t31-,35-,39-,40+,41+,42+,43-,44-,45-,46+/m1/s1. The Morgan fingerprint density at radius 2 is 1.91 bits per heavy atom. The summed E-state index contributed by atoms with van der Waals surface area (Å²) in [5.41, 5.74) is 7.92. The quantitative estimate of drug-likeness (QED) is 0.107. The Morgan fingerprint density at radius 1 is 1.08 bits per heavy atom. The van der Waals surface area contributed by atoms with Crippen LogP contribution in [0.1, 0.15) is 52.7 Å². The van der Waals surface area contributed by atoms with Gasteiger partial charge in [0.05, 0.1) is 25.3 Å². The Morgan fingerprint density at radius 3 is 2.67 bits per heavy atom. The summed E-state index contributed by atoms with van der Waals surface area (Å²) in [6.07, 6.45) is -1.68. The van der Waals surface area contributed by atoms with Crippen molar-refractivity contribution in [3.8, 4) is 28.7 Å². The van der Waals surface area contributed by atoms with Crippen LogP contribution in [0.2, 0.25) is 0 Å². The van der Waals surface area contributed by atoms with E-state index in [2.05, 4.69) is 15.2 Å². The molecule has 0 amide bonds. The molecule has 1 fully saturated rings. The number of allylic oxidation sites excluding steroid dienone is 1. The van der Waals surface area contributed by atoms with Crippen LogP contribution in [0.3, 0.4) is 0 Å². The molecule has 0 radical (unpaired) electrons. The van der Waals surface area contributed by atoms with Crippen LogP contribution >= 0.6 is 0 Å². The van der Waals surface area contributed by atoms with Crippen LogP contribution in [-0.4, -0.2) is 124 Å². The SMILES string of the molecule is COc1ccc2c(c1OCCO)O[C@H]1c3c(cc4c(c3CN3C=C5N=CC=C5C3)CC[C@]3(O)[C@H](O4)O[C@@]4(C=CN[C@@H](N)[C@@H]4OC(=O)CC(=O)O)[C@@H](O)[C@@H]3O)O[C@H](Cc3ccccc3)[C@@H]21. The number of ether oxygens (including phenoxy) is 7. The first kappa shape index (κ1) is 41.8. The highest BCUT2D eigenvalue weighted by Crippen LogP contribution is 2.61. The number of aliphatic imine (C=N–C) groups is 1. The number of fused-ring (bicyclic) bond motifs is 8. The number of methoxy groups -OCH3 is 1. The second kappa shape index (κ2) is 16.1. The second-order valence-electron chi connectivity index (χ2n) is 16.9. The third kappa shape index (κ3) is 6.83. The third-order valence-corrected chi connectivity index (χ3v) is 13.2. The number of aliphatic hydroxyl groups is 4. The number of aliphatic carboxylic acids is 1. The Kier molecular flexibility index (Phi) is 10.5. The maximum Gasteiger partial charge on any atom is 0.317 e. The van der Waals surface area contributed by atoms with Gasteiger partial charge in [-0.15, -0.1) is 0 Å². The van der Waals surface area contributed by atoms with Crippen molar-refractivity contribution in [3.63, 3.8) is 0 Å². The fourth-order valence-electron chi connectivity index (χ4n) is 10.2. The molecule has 0 aliphatic carbocycles. The molecule has 0 aromatic heterocycles. The maximum atomic E-state index is 12.8. The van der Waals surface area contributed by atoms with Crippen LogP contribution in [0.5, 0.6) is 28.7 Å². The van der Waals surface area contributed by atoms with Crippen molar-refractivity contribution in [3.05, 3.63) is 112 Å². The van der Waals surface area contributed by atoms with Crippen molar-refractivity contribution in [1.82, 2.24) is 10.2 Å². The van der Waals surface area contributed by atoms with E-state index >= 15 is 0 Å². The van der Waals surface area contributed by atoms with Gasteiger partial charge < -0.3 is 74.6 Å². The summed E-state index contributed by atoms with van der Waals surface area (Å²) < 4.78 is 44.7. The molecule has 3 aromatic rings. The molecule has 1 saturated heterocycles. The highest BCUT2D eigenvalue weighted by atomic mass is 16.7. The molecule has 18 heteroatoms. The van der Waals surface area contributed by atoms with Gasteiger partial charge in [-0.05, 0) is 48.4 Å². The molecular weight excluding hydrogens is 833 g/mol. The van der Waals surface area contributed by atoms with Crippen LogP contribution in [0, 0.1) is 0 Å². The molecule has 7 aliphatic rings. The number of rotatable bonds is 11. The van der Waals surface area contributed by atoms with Crippen molar-refractivity contribution in [2.45, 2.75) is 92.3 Å². The number of carbonyl (C=O) groups excluding carboxylic acids is 1. The molecule has 3 aromatic carbocycles. The smallest absolute Gasteiger partial charge is 0.317 e. The van der Waals surface area contributed by atoms with Gasteiger partial charge in [-0.3, -0.25) is 14.6 Å². The summed E-state index contributed by atoms with van der Waals surface area (Å²) in [5.74, 6) is -1.01. The molecule has 0 saturated carbocycles. The first-order chi connectivity index (χ1) is 30.9. The lowest BCUT2D eigenvalue weighted by molar-refractivity contribution is -0.354. The zero-order chi connectivity index (χ0) is 44.5. The normalized spacial score (nSPS) is 31.2. The van der Waals surface area contributed by atoms with Crippen molar-refractivity contribution >= 4 is 18.2 Å². The first-order valence-corrected chi connectivity index (χ1v) is 21.2. The predicted molar refractivity (Wildman–Crippen MR) is 224 cm³/mol. The van der Waals surface area contributed by atoms with E-state index < -0.39 is 72.5 Å². The molecule has 64 heavy (non-hydrogen) atoms. The minimum Gasteiger partial charge on any atom is -0.493 e. The third-order valence-electron chi connectivity index (χ3n) is 13.2. The van der Waals surface area contributed by atoms with E-state index in [1.54, 1.807) is 12.3 Å². The molecular formula is C46H48N4O14. The van der Waals surface area contributed by atoms with Crippen molar-refractivity contribution in [2.24, 2.45) is 10.7 Å². The van der Waals surface area contributed by atoms with Crippen molar-refractivity contribution in [2.75, 3.05) is 26.9 Å². The molecule has 0 bridgehead atoms. The number of nitrogens with two attached hydrogens (primary N) is 1. The minimum atomic E-state index is -2.24. The summed E-state index contributed by atoms with van der Waals surface area (Å²) in [5, 5.41) is 58.1. The van der Waals surface area contributed by atoms with E-state index in [1.807, 2.05) is 54.7 Å². The zero-order valence-corrected chi connectivity index (χ0v) is 34.7. The van der Waals surface area contributed by atoms with E-state index in [9.17, 15) is 35.1 Å². The maximum absolute atomic E-state index is 12.8.